The van der Waals surface area contributed by atoms with Crippen molar-refractivity contribution in [2.75, 3.05) is 13.6 Å². The Hall–Kier alpha value is -2.55. The number of nitrogens with zero attached hydrogens (tertiary/aromatic N) is 3. The molecule has 0 bridgehead atoms. The number of carbonyl (C=O) groups excluding carboxylic acids is 2. The maximum absolute atomic E-state index is 13.7. The summed E-state index contributed by atoms with van der Waals surface area (Å²) >= 11 is 5.76. The van der Waals surface area contributed by atoms with Crippen molar-refractivity contribution in [3.05, 3.63) is 46.7 Å². The lowest BCUT2D eigenvalue weighted by atomic mass is 10.2. The van der Waals surface area contributed by atoms with Crippen molar-refractivity contribution in [2.45, 2.75) is 32.5 Å². The summed E-state index contributed by atoms with van der Waals surface area (Å²) in [5, 5.41) is 4.06. The Balaban J connectivity index is 2.36. The van der Waals surface area contributed by atoms with E-state index in [0.29, 0.717) is 9.70 Å². The van der Waals surface area contributed by atoms with Crippen LogP contribution in [0.4, 0.5) is 13.2 Å². The van der Waals surface area contributed by atoms with Crippen molar-refractivity contribution in [3.8, 4) is 5.69 Å². The molecule has 1 amide bonds. The quantitative estimate of drug-likeness (QED) is 0.706. The lowest BCUT2D eigenvalue weighted by Crippen LogP contribution is -2.36. The molecule has 1 aromatic heterocycles. The van der Waals surface area contributed by atoms with E-state index in [9.17, 15) is 22.8 Å². The maximum Gasteiger partial charge on any atom is 0.434 e. The van der Waals surface area contributed by atoms with Crippen LogP contribution in [0.25, 0.3) is 5.69 Å². The van der Waals surface area contributed by atoms with Gasteiger partial charge in [0.1, 0.15) is 12.1 Å². The Morgan fingerprint density at radius 1 is 1.18 bits per heavy atom. The molecular formula is C18H19ClF3N3O3. The van der Waals surface area contributed by atoms with E-state index in [0.717, 1.165) is 11.1 Å². The van der Waals surface area contributed by atoms with Gasteiger partial charge in [-0.3, -0.25) is 9.59 Å². The van der Waals surface area contributed by atoms with Gasteiger partial charge in [0.25, 0.3) is 5.91 Å². The summed E-state index contributed by atoms with van der Waals surface area (Å²) in [6, 6.07) is 5.52. The molecule has 0 aliphatic heterocycles. The lowest BCUT2D eigenvalue weighted by molar-refractivity contribution is -0.155. The van der Waals surface area contributed by atoms with Gasteiger partial charge in [-0.25, -0.2) is 4.68 Å². The molecule has 0 saturated carbocycles. The molecule has 0 radical (unpaired) electrons. The average molecular weight is 418 g/mol. The molecule has 152 valence electrons. The van der Waals surface area contributed by atoms with Crippen LogP contribution in [0.2, 0.25) is 5.02 Å². The Labute approximate surface area is 164 Å². The average Bonchev–Trinajstić information content (AvgIpc) is 2.98. The number of carbonyl (C=O) groups is 2. The molecule has 0 aliphatic rings. The molecule has 0 fully saturated rings. The number of benzene rings is 1. The number of rotatable bonds is 4. The second-order valence-electron chi connectivity index (χ2n) is 7.04. The number of hydrogen-bond acceptors (Lipinski definition) is 4. The van der Waals surface area contributed by atoms with Crippen molar-refractivity contribution < 1.29 is 27.5 Å². The van der Waals surface area contributed by atoms with Crippen molar-refractivity contribution in [1.29, 1.82) is 0 Å². The van der Waals surface area contributed by atoms with Crippen LogP contribution < -0.4 is 0 Å². The largest absolute Gasteiger partial charge is 0.459 e. The number of hydrogen-bond donors (Lipinski definition) is 0. The summed E-state index contributed by atoms with van der Waals surface area (Å²) in [5.74, 6) is -1.74. The molecule has 0 atom stereocenters. The van der Waals surface area contributed by atoms with Gasteiger partial charge < -0.3 is 9.64 Å². The van der Waals surface area contributed by atoms with Crippen LogP contribution in [0.1, 0.15) is 36.8 Å². The fourth-order valence-corrected chi connectivity index (χ4v) is 2.53. The van der Waals surface area contributed by atoms with Crippen LogP contribution in [0.5, 0.6) is 0 Å². The maximum atomic E-state index is 13.7. The predicted octanol–water partition coefficient (Wildman–Crippen LogP) is 3.96. The summed E-state index contributed by atoms with van der Waals surface area (Å²) in [6.45, 7) is 4.43. The molecular weight excluding hydrogens is 399 g/mol. The highest BCUT2D eigenvalue weighted by Crippen LogP contribution is 2.34. The first-order valence-electron chi connectivity index (χ1n) is 8.18. The Bertz CT molecular complexity index is 871. The molecule has 1 aromatic carbocycles. The first-order chi connectivity index (χ1) is 12.8. The molecule has 2 rings (SSSR count). The summed E-state index contributed by atoms with van der Waals surface area (Å²) in [5.41, 5.74) is -2.60. The monoisotopic (exact) mass is 417 g/mol. The predicted molar refractivity (Wildman–Crippen MR) is 96.4 cm³/mol. The van der Waals surface area contributed by atoms with Crippen molar-refractivity contribution >= 4 is 23.5 Å². The topological polar surface area (TPSA) is 64.4 Å². The van der Waals surface area contributed by atoms with E-state index < -0.39 is 41.5 Å². The third-order valence-electron chi connectivity index (χ3n) is 3.47. The van der Waals surface area contributed by atoms with Crippen LogP contribution in [-0.4, -0.2) is 45.8 Å². The zero-order valence-electron chi connectivity index (χ0n) is 15.7. The summed E-state index contributed by atoms with van der Waals surface area (Å²) in [7, 11) is 1.21. The third-order valence-corrected chi connectivity index (χ3v) is 3.72. The molecule has 0 N–H and O–H groups in total. The third kappa shape index (κ3) is 5.25. The van der Waals surface area contributed by atoms with Crippen LogP contribution >= 0.6 is 11.6 Å². The van der Waals surface area contributed by atoms with Crippen LogP contribution in [0.15, 0.2) is 30.5 Å². The van der Waals surface area contributed by atoms with Gasteiger partial charge in [-0.2, -0.15) is 18.3 Å². The Kier molecular flexibility index (Phi) is 6.08. The molecule has 0 aliphatic carbocycles. The minimum Gasteiger partial charge on any atom is -0.459 e. The molecule has 6 nitrogen and oxygen atoms in total. The Morgan fingerprint density at radius 3 is 2.25 bits per heavy atom. The summed E-state index contributed by atoms with van der Waals surface area (Å²) in [6.07, 6.45) is -4.03. The van der Waals surface area contributed by atoms with Crippen LogP contribution in [-0.2, 0) is 15.7 Å². The van der Waals surface area contributed by atoms with E-state index in [1.807, 2.05) is 0 Å². The zero-order valence-corrected chi connectivity index (χ0v) is 16.4. The van der Waals surface area contributed by atoms with Gasteiger partial charge in [0.2, 0.25) is 0 Å². The van der Waals surface area contributed by atoms with E-state index in [-0.39, 0.29) is 5.69 Å². The van der Waals surface area contributed by atoms with E-state index in [1.54, 1.807) is 20.8 Å². The normalized spacial score (nSPS) is 12.0. The number of aromatic nitrogens is 2. The van der Waals surface area contributed by atoms with E-state index in [4.69, 9.17) is 16.3 Å². The van der Waals surface area contributed by atoms with Crippen molar-refractivity contribution in [3.63, 3.8) is 0 Å². The van der Waals surface area contributed by atoms with Crippen molar-refractivity contribution in [1.82, 2.24) is 14.7 Å². The van der Waals surface area contributed by atoms with Gasteiger partial charge in [0, 0.05) is 12.1 Å². The second-order valence-corrected chi connectivity index (χ2v) is 7.48. The number of likely N-dealkylation sites (N-methyl/N-ethyl adjacent to an activating group) is 1. The van der Waals surface area contributed by atoms with E-state index in [2.05, 4.69) is 5.10 Å². The molecule has 28 heavy (non-hydrogen) atoms. The fraction of sp³-hybridized carbons (Fsp3) is 0.389. The first kappa shape index (κ1) is 21.7. The van der Waals surface area contributed by atoms with Gasteiger partial charge in [0.15, 0.2) is 5.69 Å². The SMILES string of the molecule is CN(CC(=O)OC(C)(C)C)C(=O)c1cnn(-c2ccc(Cl)cc2)c1C(F)(F)F. The van der Waals surface area contributed by atoms with Crippen LogP contribution in [0.3, 0.4) is 0 Å². The molecule has 0 spiro atoms. The van der Waals surface area contributed by atoms with E-state index >= 15 is 0 Å². The second kappa shape index (κ2) is 7.83. The highest BCUT2D eigenvalue weighted by Gasteiger charge is 2.41. The van der Waals surface area contributed by atoms with Gasteiger partial charge in [-0.05, 0) is 45.0 Å². The smallest absolute Gasteiger partial charge is 0.434 e. The van der Waals surface area contributed by atoms with Crippen molar-refractivity contribution in [2.24, 2.45) is 0 Å². The van der Waals surface area contributed by atoms with Gasteiger partial charge in [0.05, 0.1) is 17.4 Å². The minimum absolute atomic E-state index is 0.0885. The number of halogens is 4. The number of ether oxygens (including phenoxy) is 1. The highest BCUT2D eigenvalue weighted by molar-refractivity contribution is 6.30. The number of esters is 1. The molecule has 2 aromatic rings. The number of alkyl halides is 3. The fourth-order valence-electron chi connectivity index (χ4n) is 2.40. The van der Waals surface area contributed by atoms with Gasteiger partial charge in [-0.1, -0.05) is 11.6 Å². The summed E-state index contributed by atoms with van der Waals surface area (Å²) in [4.78, 5) is 25.3. The minimum atomic E-state index is -4.85. The van der Waals surface area contributed by atoms with E-state index in [1.165, 1.54) is 31.3 Å². The molecule has 0 unspecified atom stereocenters. The number of amides is 1. The van der Waals surface area contributed by atoms with Gasteiger partial charge >= 0.3 is 12.1 Å². The summed E-state index contributed by atoms with van der Waals surface area (Å²) < 4.78 is 46.7. The lowest BCUT2D eigenvalue weighted by Gasteiger charge is -2.22. The standard InChI is InChI=1S/C18H19ClF3N3O3/c1-17(2,3)28-14(26)10-24(4)16(27)13-9-23-25(15(13)18(20,21)22)12-7-5-11(19)6-8-12/h5-9H,10H2,1-4H3. The first-order valence-corrected chi connectivity index (χ1v) is 8.56. The van der Waals surface area contributed by atoms with Crippen LogP contribution in [0, 0.1) is 0 Å². The van der Waals surface area contributed by atoms with Gasteiger partial charge in [-0.15, -0.1) is 0 Å². The zero-order chi connectivity index (χ0) is 21.3. The molecule has 0 saturated heterocycles. The molecule has 10 heteroatoms. The molecule has 1 heterocycles. The highest BCUT2D eigenvalue weighted by atomic mass is 35.5. The Morgan fingerprint density at radius 2 is 1.75 bits per heavy atom.